The molecule has 0 aromatic heterocycles. The monoisotopic (exact) mass is 386 g/mol. The summed E-state index contributed by atoms with van der Waals surface area (Å²) in [5.41, 5.74) is 0.930. The summed E-state index contributed by atoms with van der Waals surface area (Å²) in [5.74, 6) is -0.322. The van der Waals surface area contributed by atoms with E-state index in [-0.39, 0.29) is 6.54 Å². The largest absolute Gasteiger partial charge is 0.497 e. The molecule has 0 aliphatic rings. The van der Waals surface area contributed by atoms with Gasteiger partial charge in [0.15, 0.2) is 6.61 Å². The summed E-state index contributed by atoms with van der Waals surface area (Å²) in [4.78, 5) is 35.5. The molecule has 0 unspecified atom stereocenters. The van der Waals surface area contributed by atoms with E-state index in [0.29, 0.717) is 29.4 Å². The first-order valence-corrected chi connectivity index (χ1v) is 8.62. The van der Waals surface area contributed by atoms with Gasteiger partial charge in [-0.3, -0.25) is 14.4 Å². The van der Waals surface area contributed by atoms with Gasteiger partial charge in [0.2, 0.25) is 0 Å². The average Bonchev–Trinajstić information content (AvgIpc) is 2.72. The van der Waals surface area contributed by atoms with Gasteiger partial charge in [0.25, 0.3) is 11.8 Å². The number of amides is 2. The molecule has 0 aliphatic carbocycles. The highest BCUT2D eigenvalue weighted by Gasteiger charge is 2.11. The lowest BCUT2D eigenvalue weighted by molar-refractivity contribution is -0.146. The van der Waals surface area contributed by atoms with Crippen LogP contribution in [0, 0.1) is 0 Å². The molecule has 2 rings (SSSR count). The van der Waals surface area contributed by atoms with Crippen molar-refractivity contribution >= 4 is 23.5 Å². The fraction of sp³-hybridized carbons (Fsp3) is 0.250. The van der Waals surface area contributed by atoms with E-state index in [2.05, 4.69) is 10.6 Å². The van der Waals surface area contributed by atoms with Crippen LogP contribution in [0.1, 0.15) is 17.3 Å². The second-order valence-electron chi connectivity index (χ2n) is 5.58. The molecule has 28 heavy (non-hydrogen) atoms. The summed E-state index contributed by atoms with van der Waals surface area (Å²) in [7, 11) is 1.54. The third-order valence-electron chi connectivity index (χ3n) is 3.56. The molecule has 0 heterocycles. The summed E-state index contributed by atoms with van der Waals surface area (Å²) < 4.78 is 15.2. The lowest BCUT2D eigenvalue weighted by Crippen LogP contribution is -2.32. The highest BCUT2D eigenvalue weighted by atomic mass is 16.5. The Labute approximate surface area is 162 Å². The van der Waals surface area contributed by atoms with Gasteiger partial charge in [-0.05, 0) is 55.5 Å². The molecule has 2 aromatic rings. The quantitative estimate of drug-likeness (QED) is 0.639. The van der Waals surface area contributed by atoms with E-state index >= 15 is 0 Å². The number of benzene rings is 2. The Kier molecular flexibility index (Phi) is 7.83. The Morgan fingerprint density at radius 2 is 1.57 bits per heavy atom. The first-order valence-electron chi connectivity index (χ1n) is 8.62. The van der Waals surface area contributed by atoms with Crippen LogP contribution in [0.5, 0.6) is 11.5 Å². The number of esters is 1. The molecule has 148 valence electrons. The zero-order valence-electron chi connectivity index (χ0n) is 15.7. The number of hydrogen-bond donors (Lipinski definition) is 2. The molecule has 0 atom stereocenters. The first kappa shape index (κ1) is 20.8. The lowest BCUT2D eigenvalue weighted by atomic mass is 10.2. The number of anilines is 1. The van der Waals surface area contributed by atoms with Gasteiger partial charge in [-0.15, -0.1) is 0 Å². The van der Waals surface area contributed by atoms with Crippen LogP contribution in [-0.2, 0) is 14.3 Å². The summed E-state index contributed by atoms with van der Waals surface area (Å²) in [6.07, 6.45) is 0. The maximum absolute atomic E-state index is 12.0. The summed E-state index contributed by atoms with van der Waals surface area (Å²) in [6, 6.07) is 13.2. The van der Waals surface area contributed by atoms with E-state index < -0.39 is 24.4 Å². The Bertz CT molecular complexity index is 802. The molecule has 8 nitrogen and oxygen atoms in total. The average molecular weight is 386 g/mol. The molecule has 0 radical (unpaired) electrons. The predicted molar refractivity (Wildman–Crippen MR) is 103 cm³/mol. The van der Waals surface area contributed by atoms with Gasteiger partial charge < -0.3 is 24.8 Å². The third kappa shape index (κ3) is 6.64. The number of nitrogens with one attached hydrogen (secondary N) is 2. The molecule has 2 N–H and O–H groups in total. The second-order valence-corrected chi connectivity index (χ2v) is 5.58. The number of carbonyl (C=O) groups excluding carboxylic acids is 3. The molecule has 8 heteroatoms. The minimum absolute atomic E-state index is 0.345. The van der Waals surface area contributed by atoms with Crippen molar-refractivity contribution in [3.8, 4) is 11.5 Å². The van der Waals surface area contributed by atoms with Crippen molar-refractivity contribution in [2.75, 3.05) is 32.2 Å². The zero-order chi connectivity index (χ0) is 20.4. The highest BCUT2D eigenvalue weighted by Crippen LogP contribution is 2.15. The minimum Gasteiger partial charge on any atom is -0.497 e. The Balaban J connectivity index is 1.71. The number of rotatable bonds is 9. The number of ether oxygens (including phenoxy) is 3. The molecule has 2 aromatic carbocycles. The van der Waals surface area contributed by atoms with Crippen LogP contribution in [0.25, 0.3) is 0 Å². The van der Waals surface area contributed by atoms with Crippen LogP contribution in [0.3, 0.4) is 0 Å². The van der Waals surface area contributed by atoms with E-state index in [1.807, 2.05) is 6.92 Å². The van der Waals surface area contributed by atoms with E-state index in [1.54, 1.807) is 55.6 Å². The van der Waals surface area contributed by atoms with E-state index in [4.69, 9.17) is 14.2 Å². The van der Waals surface area contributed by atoms with Gasteiger partial charge in [-0.2, -0.15) is 0 Å². The molecule has 0 bridgehead atoms. The van der Waals surface area contributed by atoms with Crippen LogP contribution < -0.4 is 20.1 Å². The zero-order valence-corrected chi connectivity index (χ0v) is 15.7. The number of carbonyl (C=O) groups is 3. The summed E-state index contributed by atoms with van der Waals surface area (Å²) in [5, 5.41) is 5.02. The Morgan fingerprint density at radius 3 is 2.18 bits per heavy atom. The number of hydrogen-bond acceptors (Lipinski definition) is 6. The van der Waals surface area contributed by atoms with Gasteiger partial charge in [0.1, 0.15) is 18.0 Å². The minimum atomic E-state index is -0.718. The maximum Gasteiger partial charge on any atom is 0.325 e. The van der Waals surface area contributed by atoms with Crippen molar-refractivity contribution in [1.82, 2.24) is 5.32 Å². The molecule has 0 fully saturated rings. The van der Waals surface area contributed by atoms with Crippen molar-refractivity contribution in [2.24, 2.45) is 0 Å². The SMILES string of the molecule is CCOc1ccc(C(=O)NCC(=O)OCC(=O)Nc2ccc(OC)cc2)cc1. The van der Waals surface area contributed by atoms with Crippen LogP contribution in [0.2, 0.25) is 0 Å². The highest BCUT2D eigenvalue weighted by molar-refractivity contribution is 5.96. The van der Waals surface area contributed by atoms with Crippen LogP contribution in [0.15, 0.2) is 48.5 Å². The van der Waals surface area contributed by atoms with Gasteiger partial charge >= 0.3 is 5.97 Å². The molecule has 0 spiro atoms. The van der Waals surface area contributed by atoms with Crippen LogP contribution in [0.4, 0.5) is 5.69 Å². The Hall–Kier alpha value is -3.55. The normalized spacial score (nSPS) is 9.93. The van der Waals surface area contributed by atoms with Gasteiger partial charge in [-0.25, -0.2) is 0 Å². The molecule has 0 saturated carbocycles. The first-order chi connectivity index (χ1) is 13.5. The topological polar surface area (TPSA) is 103 Å². The third-order valence-corrected chi connectivity index (χ3v) is 3.56. The van der Waals surface area contributed by atoms with Crippen molar-refractivity contribution in [3.05, 3.63) is 54.1 Å². The maximum atomic E-state index is 12.0. The summed E-state index contributed by atoms with van der Waals surface area (Å²) in [6.45, 7) is 1.60. The number of methoxy groups -OCH3 is 1. The van der Waals surface area contributed by atoms with Gasteiger partial charge in [-0.1, -0.05) is 0 Å². The van der Waals surface area contributed by atoms with Crippen molar-refractivity contribution in [3.63, 3.8) is 0 Å². The summed E-state index contributed by atoms with van der Waals surface area (Å²) >= 11 is 0. The van der Waals surface area contributed by atoms with E-state index in [1.165, 1.54) is 0 Å². The van der Waals surface area contributed by atoms with Crippen molar-refractivity contribution in [1.29, 1.82) is 0 Å². The van der Waals surface area contributed by atoms with Gasteiger partial charge in [0, 0.05) is 11.3 Å². The van der Waals surface area contributed by atoms with Crippen molar-refractivity contribution < 1.29 is 28.6 Å². The lowest BCUT2D eigenvalue weighted by Gasteiger charge is -2.08. The van der Waals surface area contributed by atoms with Gasteiger partial charge in [0.05, 0.1) is 13.7 Å². The molecule has 2 amide bonds. The van der Waals surface area contributed by atoms with Crippen LogP contribution in [-0.4, -0.2) is 44.7 Å². The van der Waals surface area contributed by atoms with Crippen LogP contribution >= 0.6 is 0 Å². The van der Waals surface area contributed by atoms with E-state index in [9.17, 15) is 14.4 Å². The molecular weight excluding hydrogens is 364 g/mol. The predicted octanol–water partition coefficient (Wildman–Crippen LogP) is 2.01. The fourth-order valence-electron chi connectivity index (χ4n) is 2.19. The fourth-order valence-corrected chi connectivity index (χ4v) is 2.19. The molecule has 0 saturated heterocycles. The second kappa shape index (κ2) is 10.6. The smallest absolute Gasteiger partial charge is 0.325 e. The molecular formula is C20H22N2O6. The van der Waals surface area contributed by atoms with E-state index in [0.717, 1.165) is 0 Å². The molecule has 0 aliphatic heterocycles. The van der Waals surface area contributed by atoms with Crippen molar-refractivity contribution in [2.45, 2.75) is 6.92 Å². The standard InChI is InChI=1S/C20H22N2O6/c1-3-27-17-8-4-14(5-9-17)20(25)21-12-19(24)28-13-18(23)22-15-6-10-16(26-2)11-7-15/h4-11H,3,12-13H2,1-2H3,(H,21,25)(H,22,23). The Morgan fingerprint density at radius 1 is 0.929 bits per heavy atom.